The largest absolute Gasteiger partial charge is 0.446 e. The SMILES string of the molecule is CN1CCC(OC(=O)Nc2ccnc(N3CCC(F)(F)[C@@H](N(C)C(=O)Nc4ncc(F)s4)C3)n2)CC1. The maximum Gasteiger partial charge on any atom is 0.413 e. The molecule has 11 nitrogen and oxygen atoms in total. The van der Waals surface area contributed by atoms with Crippen LogP contribution in [0.25, 0.3) is 0 Å². The first kappa shape index (κ1) is 25.9. The number of nitrogens with one attached hydrogen (secondary N) is 2. The normalized spacial score (nSPS) is 20.6. The second kappa shape index (κ2) is 10.8. The monoisotopic (exact) mass is 528 g/mol. The minimum atomic E-state index is -3.18. The number of carbonyl (C=O) groups excluding carboxylic acids is 2. The molecule has 0 bridgehead atoms. The Kier molecular flexibility index (Phi) is 7.78. The Morgan fingerprint density at radius 2 is 1.97 bits per heavy atom. The fraction of sp³-hybridized carbons (Fsp3) is 0.571. The molecule has 0 radical (unpaired) electrons. The Balaban J connectivity index is 1.39. The fourth-order valence-corrected chi connectivity index (χ4v) is 4.60. The molecular weight excluding hydrogens is 501 g/mol. The number of hydrogen-bond acceptors (Lipinski definition) is 9. The molecule has 36 heavy (non-hydrogen) atoms. The number of thiazole rings is 1. The van der Waals surface area contributed by atoms with Gasteiger partial charge in [0.05, 0.1) is 6.20 Å². The minimum absolute atomic E-state index is 0.0328. The average Bonchev–Trinajstić information content (AvgIpc) is 3.24. The minimum Gasteiger partial charge on any atom is -0.446 e. The van der Waals surface area contributed by atoms with Crippen LogP contribution in [0.2, 0.25) is 0 Å². The zero-order chi connectivity index (χ0) is 25.9. The number of piperidine rings is 2. The van der Waals surface area contributed by atoms with Gasteiger partial charge in [0.25, 0.3) is 5.92 Å². The van der Waals surface area contributed by atoms with E-state index in [1.807, 2.05) is 7.05 Å². The van der Waals surface area contributed by atoms with E-state index in [2.05, 4.69) is 30.5 Å². The molecule has 0 unspecified atom stereocenters. The predicted octanol–water partition coefficient (Wildman–Crippen LogP) is 3.09. The number of halogens is 3. The highest BCUT2D eigenvalue weighted by Gasteiger charge is 2.48. The quantitative estimate of drug-likeness (QED) is 0.609. The zero-order valence-corrected chi connectivity index (χ0v) is 20.6. The van der Waals surface area contributed by atoms with Gasteiger partial charge in [-0.3, -0.25) is 10.6 Å². The van der Waals surface area contributed by atoms with Gasteiger partial charge in [0.2, 0.25) is 5.95 Å². The van der Waals surface area contributed by atoms with Gasteiger partial charge in [0.15, 0.2) is 10.3 Å². The van der Waals surface area contributed by atoms with E-state index >= 15 is 0 Å². The zero-order valence-electron chi connectivity index (χ0n) is 19.8. The molecule has 2 aliphatic heterocycles. The van der Waals surface area contributed by atoms with Crippen molar-refractivity contribution in [3.8, 4) is 0 Å². The summed E-state index contributed by atoms with van der Waals surface area (Å²) in [6, 6.07) is -0.878. The van der Waals surface area contributed by atoms with Crippen molar-refractivity contribution in [2.45, 2.75) is 37.3 Å². The highest BCUT2D eigenvalue weighted by Crippen LogP contribution is 2.33. The van der Waals surface area contributed by atoms with Crippen LogP contribution in [0.5, 0.6) is 0 Å². The number of likely N-dealkylation sites (N-methyl/N-ethyl adjacent to an activating group) is 1. The third kappa shape index (κ3) is 6.32. The average molecular weight is 529 g/mol. The van der Waals surface area contributed by atoms with Gasteiger partial charge in [0, 0.05) is 45.8 Å². The fourth-order valence-electron chi connectivity index (χ4n) is 4.06. The molecule has 4 heterocycles. The first-order valence-electron chi connectivity index (χ1n) is 11.4. The lowest BCUT2D eigenvalue weighted by Crippen LogP contribution is -2.60. The molecule has 2 aliphatic rings. The molecule has 2 N–H and O–H groups in total. The van der Waals surface area contributed by atoms with Crippen LogP contribution < -0.4 is 15.5 Å². The molecule has 1 atom stereocenters. The van der Waals surface area contributed by atoms with Crippen molar-refractivity contribution in [2.24, 2.45) is 0 Å². The standard InChI is InChI=1S/C21H27F3N8O3S/c1-30-8-4-13(5-9-30)35-20(34)28-16-3-7-25-17(27-16)32-10-6-21(23,24)14(12-32)31(2)19(33)29-18-26-11-15(22)36-18/h3,7,11,13-14H,4-6,8-10,12H2,1-2H3,(H,26,29,33)(H,25,27,28,34)/t14-/m0/s1. The molecule has 3 amide bonds. The maximum absolute atomic E-state index is 14.8. The Morgan fingerprint density at radius 1 is 1.22 bits per heavy atom. The van der Waals surface area contributed by atoms with Gasteiger partial charge in [0.1, 0.15) is 18.0 Å². The van der Waals surface area contributed by atoms with Gasteiger partial charge in [-0.2, -0.15) is 9.37 Å². The molecule has 2 saturated heterocycles. The number of ether oxygens (including phenoxy) is 1. The van der Waals surface area contributed by atoms with Crippen LogP contribution in [0.15, 0.2) is 18.5 Å². The molecule has 4 rings (SSSR count). The lowest BCUT2D eigenvalue weighted by molar-refractivity contribution is -0.0760. The molecular formula is C21H27F3N8O3S. The number of likely N-dealkylation sites (tertiary alicyclic amines) is 1. The Morgan fingerprint density at radius 3 is 2.67 bits per heavy atom. The van der Waals surface area contributed by atoms with Crippen LogP contribution in [-0.4, -0.2) is 95.2 Å². The lowest BCUT2D eigenvalue weighted by atomic mass is 10.00. The van der Waals surface area contributed by atoms with Crippen molar-refractivity contribution >= 4 is 40.4 Å². The van der Waals surface area contributed by atoms with Gasteiger partial charge in [-0.25, -0.2) is 28.3 Å². The third-order valence-electron chi connectivity index (χ3n) is 6.17. The Labute approximate surface area is 209 Å². The van der Waals surface area contributed by atoms with Crippen molar-refractivity contribution in [3.63, 3.8) is 0 Å². The molecule has 2 fully saturated rings. The molecule has 15 heteroatoms. The summed E-state index contributed by atoms with van der Waals surface area (Å²) in [6.45, 7) is 1.36. The number of urea groups is 1. The number of nitrogens with zero attached hydrogens (tertiary/aromatic N) is 6. The number of anilines is 3. The first-order valence-corrected chi connectivity index (χ1v) is 12.2. The van der Waals surface area contributed by atoms with E-state index < -0.39 is 35.6 Å². The Hall–Kier alpha value is -3.20. The van der Waals surface area contributed by atoms with Crippen LogP contribution >= 0.6 is 11.3 Å². The topological polar surface area (TPSA) is 116 Å². The van der Waals surface area contributed by atoms with Crippen molar-refractivity contribution in [3.05, 3.63) is 23.6 Å². The van der Waals surface area contributed by atoms with Crippen LogP contribution in [0.3, 0.4) is 0 Å². The molecule has 0 spiro atoms. The maximum atomic E-state index is 14.8. The number of hydrogen-bond donors (Lipinski definition) is 2. The van der Waals surface area contributed by atoms with E-state index in [-0.39, 0.29) is 36.1 Å². The first-order chi connectivity index (χ1) is 17.1. The van der Waals surface area contributed by atoms with Crippen molar-refractivity contribution in [1.29, 1.82) is 0 Å². The Bertz CT molecular complexity index is 1080. The smallest absolute Gasteiger partial charge is 0.413 e. The summed E-state index contributed by atoms with van der Waals surface area (Å²) in [5, 5.41) is 4.25. The van der Waals surface area contributed by atoms with Gasteiger partial charge in [-0.15, -0.1) is 0 Å². The van der Waals surface area contributed by atoms with E-state index in [0.717, 1.165) is 37.0 Å². The number of alkyl halides is 2. The molecule has 0 saturated carbocycles. The van der Waals surface area contributed by atoms with E-state index in [9.17, 15) is 22.8 Å². The number of aromatic nitrogens is 3. The van der Waals surface area contributed by atoms with Gasteiger partial charge >= 0.3 is 12.1 Å². The van der Waals surface area contributed by atoms with E-state index in [1.165, 1.54) is 24.2 Å². The van der Waals surface area contributed by atoms with E-state index in [4.69, 9.17) is 4.74 Å². The van der Waals surface area contributed by atoms with Crippen molar-refractivity contribution in [1.82, 2.24) is 24.8 Å². The summed E-state index contributed by atoms with van der Waals surface area (Å²) < 4.78 is 48.1. The molecule has 2 aromatic rings. The van der Waals surface area contributed by atoms with E-state index in [0.29, 0.717) is 11.3 Å². The van der Waals surface area contributed by atoms with Crippen LogP contribution in [0, 0.1) is 5.13 Å². The molecule has 0 aromatic carbocycles. The molecule has 2 aromatic heterocycles. The summed E-state index contributed by atoms with van der Waals surface area (Å²) in [5.41, 5.74) is 0. The summed E-state index contributed by atoms with van der Waals surface area (Å²) in [5.74, 6) is -2.88. The summed E-state index contributed by atoms with van der Waals surface area (Å²) in [7, 11) is 3.24. The summed E-state index contributed by atoms with van der Waals surface area (Å²) in [6.07, 6.45) is 2.44. The second-order valence-corrected chi connectivity index (χ2v) is 9.74. The molecule has 0 aliphatic carbocycles. The van der Waals surface area contributed by atoms with Crippen LogP contribution in [0.4, 0.5) is 39.7 Å². The van der Waals surface area contributed by atoms with Gasteiger partial charge in [-0.1, -0.05) is 11.3 Å². The summed E-state index contributed by atoms with van der Waals surface area (Å²) in [4.78, 5) is 41.5. The second-order valence-electron chi connectivity index (χ2n) is 8.76. The van der Waals surface area contributed by atoms with Gasteiger partial charge in [-0.05, 0) is 26.0 Å². The number of rotatable bonds is 5. The van der Waals surface area contributed by atoms with Gasteiger partial charge < -0.3 is 19.4 Å². The highest BCUT2D eigenvalue weighted by molar-refractivity contribution is 7.14. The highest BCUT2D eigenvalue weighted by atomic mass is 32.1. The summed E-state index contributed by atoms with van der Waals surface area (Å²) >= 11 is 0.594. The number of amides is 3. The van der Waals surface area contributed by atoms with Crippen molar-refractivity contribution < 1.29 is 27.5 Å². The van der Waals surface area contributed by atoms with E-state index in [1.54, 1.807) is 0 Å². The lowest BCUT2D eigenvalue weighted by Gasteiger charge is -2.42. The molecule has 196 valence electrons. The van der Waals surface area contributed by atoms with Crippen LogP contribution in [0.1, 0.15) is 19.3 Å². The third-order valence-corrected chi connectivity index (χ3v) is 6.87. The van der Waals surface area contributed by atoms with Crippen molar-refractivity contribution in [2.75, 3.05) is 55.8 Å². The number of carbonyl (C=O) groups is 2. The predicted molar refractivity (Wildman–Crippen MR) is 127 cm³/mol. The van der Waals surface area contributed by atoms with Crippen LogP contribution in [-0.2, 0) is 4.74 Å².